The highest BCUT2D eigenvalue weighted by molar-refractivity contribution is 6.04. The second-order valence-corrected chi connectivity index (χ2v) is 10.5. The molecule has 32 heavy (non-hydrogen) atoms. The molecule has 0 aliphatic heterocycles. The number of carbonyl (C=O) groups is 1. The molecule has 0 aliphatic carbocycles. The summed E-state index contributed by atoms with van der Waals surface area (Å²) >= 11 is 0. The number of imidazole rings is 1. The highest BCUT2D eigenvalue weighted by Gasteiger charge is 2.28. The first-order valence-electron chi connectivity index (χ1n) is 11.1. The molecular weight excluding hydrogens is 400 g/mol. The molecule has 3 rings (SSSR count). The van der Waals surface area contributed by atoms with Gasteiger partial charge in [-0.1, -0.05) is 20.8 Å². The molecule has 0 spiro atoms. The summed E-state index contributed by atoms with van der Waals surface area (Å²) in [5.41, 5.74) is 3.50. The summed E-state index contributed by atoms with van der Waals surface area (Å²) in [6.07, 6.45) is 2.51. The molecule has 172 valence electrons. The van der Waals surface area contributed by atoms with Crippen LogP contribution in [0, 0.1) is 5.41 Å². The average Bonchev–Trinajstić information content (AvgIpc) is 3.10. The van der Waals surface area contributed by atoms with Crippen LogP contribution in [0.1, 0.15) is 51.4 Å². The first-order chi connectivity index (χ1) is 14.9. The average molecular weight is 437 g/mol. The monoisotopic (exact) mass is 436 g/mol. The summed E-state index contributed by atoms with van der Waals surface area (Å²) in [5.74, 6) is 0.562. The second-order valence-electron chi connectivity index (χ2n) is 10.5. The van der Waals surface area contributed by atoms with Crippen LogP contribution in [0.4, 0.5) is 5.69 Å². The van der Waals surface area contributed by atoms with E-state index in [0.717, 1.165) is 30.8 Å². The second kappa shape index (κ2) is 9.28. The number of aromatic nitrogens is 3. The molecule has 0 saturated heterocycles. The smallest absolute Gasteiger partial charge is 0.254 e. The lowest BCUT2D eigenvalue weighted by Gasteiger charge is -2.33. The number of amides is 1. The third kappa shape index (κ3) is 6.29. The van der Waals surface area contributed by atoms with Crippen molar-refractivity contribution in [3.63, 3.8) is 0 Å². The minimum absolute atomic E-state index is 0.108. The molecule has 0 unspecified atom stereocenters. The number of carbonyl (C=O) groups excluding carboxylic acids is 1. The fourth-order valence-corrected chi connectivity index (χ4v) is 4.14. The van der Waals surface area contributed by atoms with Crippen molar-refractivity contribution in [1.82, 2.24) is 25.2 Å². The Bertz CT molecular complexity index is 1060. The summed E-state index contributed by atoms with van der Waals surface area (Å²) < 4.78 is 0. The van der Waals surface area contributed by atoms with Crippen molar-refractivity contribution in [2.24, 2.45) is 5.41 Å². The maximum atomic E-state index is 13.1. The van der Waals surface area contributed by atoms with E-state index < -0.39 is 0 Å². The van der Waals surface area contributed by atoms with Gasteiger partial charge in [0.1, 0.15) is 11.3 Å². The lowest BCUT2D eigenvalue weighted by molar-refractivity contribution is 0.0893. The standard InChI is InChI=1S/C25H36N6O/c1-24(2,3)16-25(4,5)30-23(32)19-12-13-27-22-20(19)28-21(29-22)17-8-10-18(11-9-17)26-14-15-31(6)7/h8-13,26H,14-16H2,1-7H3,(H,30,32)(H,27,28,29). The summed E-state index contributed by atoms with van der Waals surface area (Å²) in [5, 5.41) is 6.58. The van der Waals surface area contributed by atoms with Gasteiger partial charge in [-0.05, 0) is 70.1 Å². The van der Waals surface area contributed by atoms with Crippen molar-refractivity contribution in [3.8, 4) is 11.4 Å². The number of nitrogens with zero attached hydrogens (tertiary/aromatic N) is 3. The largest absolute Gasteiger partial charge is 0.384 e. The van der Waals surface area contributed by atoms with Crippen LogP contribution in [0.3, 0.4) is 0 Å². The van der Waals surface area contributed by atoms with Gasteiger partial charge in [-0.25, -0.2) is 9.97 Å². The summed E-state index contributed by atoms with van der Waals surface area (Å²) in [7, 11) is 4.11. The van der Waals surface area contributed by atoms with Crippen molar-refractivity contribution in [1.29, 1.82) is 0 Å². The Morgan fingerprint density at radius 3 is 2.38 bits per heavy atom. The number of H-pyrrole nitrogens is 1. The maximum absolute atomic E-state index is 13.1. The number of nitrogens with one attached hydrogen (secondary N) is 3. The van der Waals surface area contributed by atoms with E-state index in [9.17, 15) is 4.79 Å². The molecule has 1 amide bonds. The van der Waals surface area contributed by atoms with Crippen LogP contribution in [0.25, 0.3) is 22.6 Å². The lowest BCUT2D eigenvalue weighted by atomic mass is 9.81. The van der Waals surface area contributed by atoms with Gasteiger partial charge in [0, 0.05) is 36.1 Å². The van der Waals surface area contributed by atoms with Crippen LogP contribution in [0.15, 0.2) is 36.5 Å². The zero-order valence-electron chi connectivity index (χ0n) is 20.3. The number of hydrogen-bond donors (Lipinski definition) is 3. The number of rotatable bonds is 8. The fraction of sp³-hybridized carbons (Fsp3) is 0.480. The van der Waals surface area contributed by atoms with Crippen molar-refractivity contribution < 1.29 is 4.79 Å². The van der Waals surface area contributed by atoms with Gasteiger partial charge in [0.2, 0.25) is 0 Å². The Labute approximate surface area is 191 Å². The zero-order chi connectivity index (χ0) is 23.5. The Balaban J connectivity index is 1.80. The normalized spacial score (nSPS) is 12.4. The number of fused-ring (bicyclic) bond motifs is 1. The Morgan fingerprint density at radius 1 is 1.06 bits per heavy atom. The van der Waals surface area contributed by atoms with Crippen molar-refractivity contribution in [2.45, 2.75) is 46.6 Å². The highest BCUT2D eigenvalue weighted by atomic mass is 16.1. The molecule has 0 fully saturated rings. The predicted molar refractivity (Wildman–Crippen MR) is 132 cm³/mol. The number of likely N-dealkylation sites (N-methyl/N-ethyl adjacent to an activating group) is 1. The van der Waals surface area contributed by atoms with Crippen molar-refractivity contribution in [2.75, 3.05) is 32.5 Å². The summed E-state index contributed by atoms with van der Waals surface area (Å²) in [4.78, 5) is 27.6. The molecule has 0 bridgehead atoms. The van der Waals surface area contributed by atoms with E-state index in [1.807, 2.05) is 24.3 Å². The molecule has 3 aromatic rings. The highest BCUT2D eigenvalue weighted by Crippen LogP contribution is 2.28. The first-order valence-corrected chi connectivity index (χ1v) is 11.1. The van der Waals surface area contributed by atoms with E-state index in [0.29, 0.717) is 22.6 Å². The van der Waals surface area contributed by atoms with E-state index in [1.165, 1.54) is 0 Å². The molecule has 2 aromatic heterocycles. The molecule has 0 atom stereocenters. The molecule has 0 radical (unpaired) electrons. The Morgan fingerprint density at radius 2 is 1.75 bits per heavy atom. The maximum Gasteiger partial charge on any atom is 0.254 e. The van der Waals surface area contributed by atoms with Gasteiger partial charge in [-0.2, -0.15) is 0 Å². The van der Waals surface area contributed by atoms with Gasteiger partial charge in [0.15, 0.2) is 5.65 Å². The fourth-order valence-electron chi connectivity index (χ4n) is 4.14. The van der Waals surface area contributed by atoms with Crippen LogP contribution in [-0.4, -0.2) is 58.5 Å². The summed E-state index contributed by atoms with van der Waals surface area (Å²) in [6.45, 7) is 12.5. The minimum atomic E-state index is -0.334. The van der Waals surface area contributed by atoms with E-state index in [4.69, 9.17) is 4.98 Å². The molecule has 2 heterocycles. The topological polar surface area (TPSA) is 85.9 Å². The van der Waals surface area contributed by atoms with Gasteiger partial charge in [0.25, 0.3) is 5.91 Å². The Kier molecular flexibility index (Phi) is 6.88. The first kappa shape index (κ1) is 23.7. The van der Waals surface area contributed by atoms with Crippen LogP contribution in [0.2, 0.25) is 0 Å². The molecular formula is C25H36N6O. The van der Waals surface area contributed by atoms with Crippen molar-refractivity contribution in [3.05, 3.63) is 42.1 Å². The number of pyridine rings is 1. The number of anilines is 1. The quantitative estimate of drug-likeness (QED) is 0.483. The number of benzene rings is 1. The van der Waals surface area contributed by atoms with Gasteiger partial charge < -0.3 is 20.5 Å². The van der Waals surface area contributed by atoms with Gasteiger partial charge >= 0.3 is 0 Å². The van der Waals surface area contributed by atoms with Crippen LogP contribution in [0.5, 0.6) is 0 Å². The summed E-state index contributed by atoms with van der Waals surface area (Å²) in [6, 6.07) is 9.83. The van der Waals surface area contributed by atoms with E-state index in [-0.39, 0.29) is 16.9 Å². The van der Waals surface area contributed by atoms with Crippen molar-refractivity contribution >= 4 is 22.8 Å². The number of hydrogen-bond acceptors (Lipinski definition) is 5. The van der Waals surface area contributed by atoms with E-state index >= 15 is 0 Å². The molecule has 1 aromatic carbocycles. The Hall–Kier alpha value is -2.93. The van der Waals surface area contributed by atoms with Gasteiger partial charge in [-0.15, -0.1) is 0 Å². The van der Waals surface area contributed by atoms with Crippen LogP contribution in [-0.2, 0) is 0 Å². The SMILES string of the molecule is CN(C)CCNc1ccc(-c2nc3c(C(=O)NC(C)(C)CC(C)(C)C)ccnc3[nH]2)cc1. The third-order valence-corrected chi connectivity index (χ3v) is 5.10. The molecule has 7 heteroatoms. The molecule has 0 saturated carbocycles. The predicted octanol–water partition coefficient (Wildman–Crippen LogP) is 4.54. The lowest BCUT2D eigenvalue weighted by Crippen LogP contribution is -2.45. The molecule has 7 nitrogen and oxygen atoms in total. The molecule has 3 N–H and O–H groups in total. The van der Waals surface area contributed by atoms with Gasteiger partial charge in [0.05, 0.1) is 5.56 Å². The van der Waals surface area contributed by atoms with E-state index in [1.54, 1.807) is 12.3 Å². The minimum Gasteiger partial charge on any atom is -0.384 e. The van der Waals surface area contributed by atoms with Crippen LogP contribution >= 0.6 is 0 Å². The van der Waals surface area contributed by atoms with E-state index in [2.05, 4.69) is 74.2 Å². The number of aromatic amines is 1. The molecule has 0 aliphatic rings. The van der Waals surface area contributed by atoms with Crippen LogP contribution < -0.4 is 10.6 Å². The third-order valence-electron chi connectivity index (χ3n) is 5.10. The zero-order valence-corrected chi connectivity index (χ0v) is 20.3. The van der Waals surface area contributed by atoms with Gasteiger partial charge in [-0.3, -0.25) is 4.79 Å².